The number of fused-ring (bicyclic) bond motifs is 2. The van der Waals surface area contributed by atoms with E-state index in [1.165, 1.54) is 4.31 Å². The topological polar surface area (TPSA) is 150 Å². The molecule has 0 bridgehead atoms. The third-order valence-corrected chi connectivity index (χ3v) is 10.3. The summed E-state index contributed by atoms with van der Waals surface area (Å²) in [6.07, 6.45) is 2.04. The van der Waals surface area contributed by atoms with Crippen LogP contribution in [0, 0.1) is 26.2 Å². The first-order valence-electron chi connectivity index (χ1n) is 15.1. The largest absolute Gasteiger partial charge is 0.481 e. The Morgan fingerprint density at radius 2 is 1.89 bits per heavy atom. The average molecular weight is 637 g/mol. The molecule has 1 atom stereocenters. The highest BCUT2D eigenvalue weighted by Gasteiger charge is 2.41. The monoisotopic (exact) mass is 636 g/mol. The molecule has 0 fully saturated rings. The Morgan fingerprint density at radius 1 is 1.11 bits per heavy atom. The lowest BCUT2D eigenvalue weighted by Crippen LogP contribution is -2.35. The van der Waals surface area contributed by atoms with Crippen LogP contribution in [-0.2, 0) is 32.6 Å². The van der Waals surface area contributed by atoms with Gasteiger partial charge in [0, 0.05) is 37.5 Å². The lowest BCUT2D eigenvalue weighted by atomic mass is 9.71. The van der Waals surface area contributed by atoms with Crippen LogP contribution >= 0.6 is 0 Å². The van der Waals surface area contributed by atoms with E-state index in [4.69, 9.17) is 14.5 Å². The van der Waals surface area contributed by atoms with Gasteiger partial charge < -0.3 is 14.6 Å². The minimum atomic E-state index is -4.06. The van der Waals surface area contributed by atoms with Crippen molar-refractivity contribution in [1.82, 2.24) is 29.3 Å². The molecule has 1 aliphatic heterocycles. The van der Waals surface area contributed by atoms with Crippen LogP contribution in [0.2, 0.25) is 0 Å². The van der Waals surface area contributed by atoms with Gasteiger partial charge in [0.15, 0.2) is 0 Å². The average Bonchev–Trinajstić information content (AvgIpc) is 3.42. The number of nitrogens with zero attached hydrogens (tertiary/aromatic N) is 6. The highest BCUT2D eigenvalue weighted by atomic mass is 32.2. The van der Waals surface area contributed by atoms with E-state index in [1.54, 1.807) is 37.7 Å². The van der Waals surface area contributed by atoms with Gasteiger partial charge in [-0.2, -0.15) is 4.31 Å². The summed E-state index contributed by atoms with van der Waals surface area (Å²) in [6.45, 7) is 12.6. The molecule has 3 aromatic heterocycles. The molecule has 0 amide bonds. The van der Waals surface area contributed by atoms with Gasteiger partial charge >= 0.3 is 5.97 Å². The number of hydrogen-bond donors (Lipinski definition) is 1. The first kappa shape index (κ1) is 32.5. The van der Waals surface area contributed by atoms with Crippen LogP contribution in [-0.4, -0.2) is 75.1 Å². The molecule has 0 aliphatic carbocycles. The molecule has 12 nitrogen and oxygen atoms in total. The van der Waals surface area contributed by atoms with Gasteiger partial charge in [0.1, 0.15) is 17.0 Å². The summed E-state index contributed by atoms with van der Waals surface area (Å²) >= 11 is 0. The molecule has 1 aliphatic rings. The van der Waals surface area contributed by atoms with Crippen molar-refractivity contribution in [2.24, 2.45) is 5.41 Å². The van der Waals surface area contributed by atoms with Gasteiger partial charge in [-0.15, -0.1) is 5.10 Å². The van der Waals surface area contributed by atoms with E-state index in [9.17, 15) is 18.3 Å². The number of aliphatic carboxylic acids is 1. The van der Waals surface area contributed by atoms with Crippen LogP contribution in [0.3, 0.4) is 0 Å². The molecule has 0 saturated carbocycles. The van der Waals surface area contributed by atoms with Crippen LogP contribution in [0.1, 0.15) is 66.8 Å². The Balaban J connectivity index is 1.61. The fourth-order valence-corrected chi connectivity index (χ4v) is 7.34. The maximum absolute atomic E-state index is 14.2. The van der Waals surface area contributed by atoms with Crippen molar-refractivity contribution in [2.45, 2.75) is 71.9 Å². The van der Waals surface area contributed by atoms with Gasteiger partial charge in [-0.3, -0.25) is 9.78 Å². The third kappa shape index (κ3) is 6.29. The molecule has 13 heteroatoms. The second kappa shape index (κ2) is 12.8. The van der Waals surface area contributed by atoms with Crippen LogP contribution in [0.5, 0.6) is 5.88 Å². The number of benzene rings is 1. The number of pyridine rings is 2. The van der Waals surface area contributed by atoms with Gasteiger partial charge in [0.2, 0.25) is 15.9 Å². The van der Waals surface area contributed by atoms with Crippen LogP contribution < -0.4 is 4.74 Å². The SMILES string of the molecule is CCn1nnc2c(C)c([C@@H](c3ccc(C)c(CN4CCCOCCOc5ncc(C)cc5S4(=O)=O)n3)C(C)(C)C(=O)O)ccc21. The predicted octanol–water partition coefficient (Wildman–Crippen LogP) is 4.40. The lowest BCUT2D eigenvalue weighted by Gasteiger charge is -2.32. The smallest absolute Gasteiger partial charge is 0.310 e. The molecule has 0 saturated heterocycles. The minimum absolute atomic E-state index is 0.00727. The molecule has 1 N–H and O–H groups in total. The molecule has 0 unspecified atom stereocenters. The van der Waals surface area contributed by atoms with E-state index in [0.717, 1.165) is 22.2 Å². The molecule has 4 heterocycles. The highest BCUT2D eigenvalue weighted by Crippen LogP contribution is 2.43. The molecule has 1 aromatic carbocycles. The van der Waals surface area contributed by atoms with Gasteiger partial charge in [-0.05, 0) is 88.4 Å². The van der Waals surface area contributed by atoms with Crippen molar-refractivity contribution >= 4 is 27.0 Å². The lowest BCUT2D eigenvalue weighted by molar-refractivity contribution is -0.147. The molecule has 4 aromatic rings. The quantitative estimate of drug-likeness (QED) is 0.309. The number of carbonyl (C=O) groups is 1. The maximum Gasteiger partial charge on any atom is 0.310 e. The number of hydrogen-bond acceptors (Lipinski definition) is 9. The standard InChI is InChI=1S/C32H40N6O6S/c1-7-38-26-12-10-23(22(4)29(26)35-36-38)28(32(5,6)31(39)40)24-11-9-21(3)25(34-24)19-37-13-8-14-43-15-16-44-30-27(45(37,41)42)17-20(2)18-33-30/h9-12,17-18,28H,7-8,13-16,19H2,1-6H3,(H,39,40)/t28-/m0/s1. The third-order valence-electron chi connectivity index (χ3n) is 8.45. The molecular weight excluding hydrogens is 596 g/mol. The van der Waals surface area contributed by atoms with Crippen LogP contribution in [0.25, 0.3) is 11.0 Å². The Labute approximate surface area is 263 Å². The van der Waals surface area contributed by atoms with E-state index >= 15 is 0 Å². The van der Waals surface area contributed by atoms with Crippen molar-refractivity contribution in [3.8, 4) is 5.88 Å². The second-order valence-corrected chi connectivity index (χ2v) is 13.9. The molecular formula is C32H40N6O6S. The van der Waals surface area contributed by atoms with Crippen molar-refractivity contribution < 1.29 is 27.8 Å². The Morgan fingerprint density at radius 3 is 2.62 bits per heavy atom. The summed E-state index contributed by atoms with van der Waals surface area (Å²) in [5.74, 6) is -1.62. The number of carboxylic acid groups (broad SMARTS) is 1. The first-order valence-corrected chi connectivity index (χ1v) is 16.5. The Kier molecular flexibility index (Phi) is 9.24. The van der Waals surface area contributed by atoms with Crippen LogP contribution in [0.15, 0.2) is 41.4 Å². The summed E-state index contributed by atoms with van der Waals surface area (Å²) in [6, 6.07) is 9.11. The van der Waals surface area contributed by atoms with Gasteiger partial charge in [0.25, 0.3) is 0 Å². The summed E-state index contributed by atoms with van der Waals surface area (Å²) in [7, 11) is -4.06. The normalized spacial score (nSPS) is 16.8. The van der Waals surface area contributed by atoms with Crippen molar-refractivity contribution in [1.29, 1.82) is 0 Å². The fraction of sp³-hybridized carbons (Fsp3) is 0.469. The summed E-state index contributed by atoms with van der Waals surface area (Å²) in [5, 5.41) is 19.0. The number of ether oxygens (including phenoxy) is 2. The van der Waals surface area contributed by atoms with E-state index in [0.29, 0.717) is 48.6 Å². The van der Waals surface area contributed by atoms with E-state index in [-0.39, 0.29) is 30.5 Å². The fourth-order valence-electron chi connectivity index (χ4n) is 5.73. The number of rotatable bonds is 7. The number of carboxylic acids is 1. The number of sulfonamides is 1. The van der Waals surface area contributed by atoms with Crippen molar-refractivity contribution in [3.63, 3.8) is 0 Å². The van der Waals surface area contributed by atoms with Crippen molar-refractivity contribution in [3.05, 3.63) is 70.2 Å². The zero-order chi connectivity index (χ0) is 32.5. The number of aromatic nitrogens is 5. The Hall–Kier alpha value is -3.94. The second-order valence-electron chi connectivity index (χ2n) is 12.0. The molecule has 0 radical (unpaired) electrons. The predicted molar refractivity (Wildman–Crippen MR) is 168 cm³/mol. The van der Waals surface area contributed by atoms with Gasteiger partial charge in [-0.25, -0.2) is 18.1 Å². The highest BCUT2D eigenvalue weighted by molar-refractivity contribution is 7.89. The minimum Gasteiger partial charge on any atom is -0.481 e. The molecule has 0 spiro atoms. The number of aryl methyl sites for hydroxylation is 4. The maximum atomic E-state index is 14.2. The van der Waals surface area contributed by atoms with E-state index < -0.39 is 27.3 Å². The summed E-state index contributed by atoms with van der Waals surface area (Å²) < 4.78 is 42.8. The van der Waals surface area contributed by atoms with E-state index in [2.05, 4.69) is 15.3 Å². The first-order chi connectivity index (χ1) is 21.4. The molecule has 5 rings (SSSR count). The summed E-state index contributed by atoms with van der Waals surface area (Å²) in [4.78, 5) is 22.0. The van der Waals surface area contributed by atoms with E-state index in [1.807, 2.05) is 45.0 Å². The van der Waals surface area contributed by atoms with Crippen molar-refractivity contribution in [2.75, 3.05) is 26.4 Å². The zero-order valence-corrected chi connectivity index (χ0v) is 27.4. The van der Waals surface area contributed by atoms with Gasteiger partial charge in [-0.1, -0.05) is 17.3 Å². The molecule has 45 heavy (non-hydrogen) atoms. The van der Waals surface area contributed by atoms with Gasteiger partial charge in [0.05, 0.1) is 29.8 Å². The zero-order valence-electron chi connectivity index (χ0n) is 26.6. The Bertz CT molecular complexity index is 1840. The summed E-state index contributed by atoms with van der Waals surface area (Å²) in [5.41, 5.74) is 4.41. The molecule has 240 valence electrons. The van der Waals surface area contributed by atoms with Crippen LogP contribution in [0.4, 0.5) is 0 Å².